The lowest BCUT2D eigenvalue weighted by molar-refractivity contribution is 0.0343. The number of hydrogen-bond acceptors (Lipinski definition) is 4. The van der Waals surface area contributed by atoms with Gasteiger partial charge in [-0.2, -0.15) is 0 Å². The van der Waals surface area contributed by atoms with Crippen molar-refractivity contribution in [3.05, 3.63) is 29.3 Å². The summed E-state index contributed by atoms with van der Waals surface area (Å²) < 4.78 is 5.29. The van der Waals surface area contributed by atoms with Crippen LogP contribution in [0.3, 0.4) is 0 Å². The average Bonchev–Trinajstić information content (AvgIpc) is 2.32. The van der Waals surface area contributed by atoms with Crippen molar-refractivity contribution >= 4 is 12.6 Å². The van der Waals surface area contributed by atoms with Crippen LogP contribution in [-0.2, 0) is 11.3 Å². The van der Waals surface area contributed by atoms with Gasteiger partial charge < -0.3 is 14.8 Å². The maximum atomic E-state index is 9.37. The molecule has 92 valence electrons. The van der Waals surface area contributed by atoms with Crippen molar-refractivity contribution in [3.63, 3.8) is 0 Å². The number of morpholine rings is 1. The Labute approximate surface area is 102 Å². The molecule has 1 saturated heterocycles. The minimum Gasteiger partial charge on any atom is -0.423 e. The number of rotatable bonds is 3. The minimum absolute atomic E-state index is 0.608. The summed E-state index contributed by atoms with van der Waals surface area (Å²) in [4.78, 5) is 2.26. The van der Waals surface area contributed by atoms with Gasteiger partial charge in [0.1, 0.15) is 0 Å². The van der Waals surface area contributed by atoms with Gasteiger partial charge in [-0.15, -0.1) is 0 Å². The molecule has 0 aromatic heterocycles. The molecular weight excluding hydrogens is 217 g/mol. The molecule has 2 rings (SSSR count). The topological polar surface area (TPSA) is 52.9 Å². The summed E-state index contributed by atoms with van der Waals surface area (Å²) in [5.74, 6) is 0. The van der Waals surface area contributed by atoms with Crippen LogP contribution >= 0.6 is 0 Å². The summed E-state index contributed by atoms with van der Waals surface area (Å²) in [5.41, 5.74) is 2.63. The molecule has 1 aliphatic heterocycles. The average molecular weight is 235 g/mol. The van der Waals surface area contributed by atoms with Gasteiger partial charge in [-0.25, -0.2) is 0 Å². The standard InChI is InChI=1S/C12H18BNO3/c1-10-2-3-11(12(8-10)13(15)16)9-14-4-6-17-7-5-14/h2-3,8,15-16H,4-7,9H2,1H3. The first kappa shape index (κ1) is 12.6. The Kier molecular flexibility index (Phi) is 4.18. The highest BCUT2D eigenvalue weighted by molar-refractivity contribution is 6.59. The van der Waals surface area contributed by atoms with Crippen LogP contribution in [0.2, 0.25) is 0 Å². The maximum absolute atomic E-state index is 9.37. The molecule has 0 radical (unpaired) electrons. The lowest BCUT2D eigenvalue weighted by Crippen LogP contribution is -2.40. The van der Waals surface area contributed by atoms with Crippen molar-refractivity contribution in [1.29, 1.82) is 0 Å². The van der Waals surface area contributed by atoms with E-state index >= 15 is 0 Å². The first-order valence-electron chi connectivity index (χ1n) is 5.92. The van der Waals surface area contributed by atoms with Gasteiger partial charge in [0.2, 0.25) is 0 Å². The van der Waals surface area contributed by atoms with E-state index in [1.54, 1.807) is 0 Å². The molecule has 5 heteroatoms. The van der Waals surface area contributed by atoms with E-state index in [1.807, 2.05) is 25.1 Å². The molecular formula is C12H18BNO3. The summed E-state index contributed by atoms with van der Waals surface area (Å²) >= 11 is 0. The zero-order valence-electron chi connectivity index (χ0n) is 10.1. The molecule has 0 atom stereocenters. The van der Waals surface area contributed by atoms with Gasteiger partial charge in [-0.05, 0) is 17.9 Å². The Morgan fingerprint density at radius 2 is 2.00 bits per heavy atom. The molecule has 0 saturated carbocycles. The summed E-state index contributed by atoms with van der Waals surface area (Å²) in [7, 11) is -1.40. The molecule has 2 N–H and O–H groups in total. The third kappa shape index (κ3) is 3.29. The Morgan fingerprint density at radius 1 is 1.29 bits per heavy atom. The number of hydrogen-bond donors (Lipinski definition) is 2. The Balaban J connectivity index is 2.13. The van der Waals surface area contributed by atoms with Crippen LogP contribution < -0.4 is 5.46 Å². The van der Waals surface area contributed by atoms with Gasteiger partial charge >= 0.3 is 7.12 Å². The molecule has 0 amide bonds. The Morgan fingerprint density at radius 3 is 2.65 bits per heavy atom. The molecule has 0 spiro atoms. The lowest BCUT2D eigenvalue weighted by Gasteiger charge is -2.27. The van der Waals surface area contributed by atoms with E-state index in [-0.39, 0.29) is 0 Å². The van der Waals surface area contributed by atoms with Gasteiger partial charge in [0, 0.05) is 19.6 Å². The van der Waals surface area contributed by atoms with Crippen molar-refractivity contribution in [2.45, 2.75) is 13.5 Å². The maximum Gasteiger partial charge on any atom is 0.488 e. The van der Waals surface area contributed by atoms with Gasteiger partial charge in [0.15, 0.2) is 0 Å². The summed E-state index contributed by atoms with van der Waals surface area (Å²) in [6.45, 7) is 6.00. The molecule has 0 aliphatic carbocycles. The van der Waals surface area contributed by atoms with E-state index in [9.17, 15) is 10.0 Å². The minimum atomic E-state index is -1.40. The van der Waals surface area contributed by atoms with Crippen molar-refractivity contribution in [3.8, 4) is 0 Å². The van der Waals surface area contributed by atoms with Crippen LogP contribution in [0.25, 0.3) is 0 Å². The largest absolute Gasteiger partial charge is 0.488 e. The van der Waals surface area contributed by atoms with Crippen molar-refractivity contribution < 1.29 is 14.8 Å². The molecule has 17 heavy (non-hydrogen) atoms. The van der Waals surface area contributed by atoms with Crippen LogP contribution in [-0.4, -0.2) is 48.4 Å². The highest BCUT2D eigenvalue weighted by Crippen LogP contribution is 2.07. The second-order valence-electron chi connectivity index (χ2n) is 4.46. The van der Waals surface area contributed by atoms with E-state index in [4.69, 9.17) is 4.74 Å². The van der Waals surface area contributed by atoms with Gasteiger partial charge in [0.25, 0.3) is 0 Å². The molecule has 1 aromatic carbocycles. The van der Waals surface area contributed by atoms with E-state index in [0.717, 1.165) is 44.0 Å². The molecule has 1 aromatic rings. The zero-order chi connectivity index (χ0) is 12.3. The Bertz CT molecular complexity index is 378. The monoisotopic (exact) mass is 235 g/mol. The Hall–Kier alpha value is -0.875. The van der Waals surface area contributed by atoms with Gasteiger partial charge in [-0.1, -0.05) is 23.8 Å². The molecule has 1 aliphatic rings. The fraction of sp³-hybridized carbons (Fsp3) is 0.500. The summed E-state index contributed by atoms with van der Waals surface area (Å²) in [6, 6.07) is 5.81. The number of aryl methyl sites for hydroxylation is 1. The quantitative estimate of drug-likeness (QED) is 0.694. The zero-order valence-corrected chi connectivity index (χ0v) is 10.1. The first-order valence-corrected chi connectivity index (χ1v) is 5.92. The summed E-state index contributed by atoms with van der Waals surface area (Å²) in [5, 5.41) is 18.7. The van der Waals surface area contributed by atoms with Crippen LogP contribution in [0.5, 0.6) is 0 Å². The molecule has 4 nitrogen and oxygen atoms in total. The van der Waals surface area contributed by atoms with Crippen molar-refractivity contribution in [2.24, 2.45) is 0 Å². The summed E-state index contributed by atoms with van der Waals surface area (Å²) in [6.07, 6.45) is 0. The molecule has 0 unspecified atom stereocenters. The van der Waals surface area contributed by atoms with E-state index in [0.29, 0.717) is 5.46 Å². The second-order valence-corrected chi connectivity index (χ2v) is 4.46. The van der Waals surface area contributed by atoms with Crippen LogP contribution in [0.15, 0.2) is 18.2 Å². The number of benzene rings is 1. The number of nitrogens with zero attached hydrogens (tertiary/aromatic N) is 1. The second kappa shape index (κ2) is 5.64. The SMILES string of the molecule is Cc1ccc(CN2CCOCC2)c(B(O)O)c1. The number of ether oxygens (including phenoxy) is 1. The van der Waals surface area contributed by atoms with Crippen LogP contribution in [0.4, 0.5) is 0 Å². The van der Waals surface area contributed by atoms with Gasteiger partial charge in [-0.3, -0.25) is 4.90 Å². The van der Waals surface area contributed by atoms with E-state index < -0.39 is 7.12 Å². The highest BCUT2D eigenvalue weighted by atomic mass is 16.5. The fourth-order valence-corrected chi connectivity index (χ4v) is 2.10. The third-order valence-corrected chi connectivity index (χ3v) is 3.08. The lowest BCUT2D eigenvalue weighted by atomic mass is 9.76. The predicted molar refractivity (Wildman–Crippen MR) is 67.1 cm³/mol. The van der Waals surface area contributed by atoms with Crippen molar-refractivity contribution in [1.82, 2.24) is 4.90 Å². The van der Waals surface area contributed by atoms with Crippen LogP contribution in [0, 0.1) is 6.92 Å². The van der Waals surface area contributed by atoms with E-state index in [1.165, 1.54) is 0 Å². The molecule has 0 bridgehead atoms. The van der Waals surface area contributed by atoms with Gasteiger partial charge in [0.05, 0.1) is 13.2 Å². The van der Waals surface area contributed by atoms with Crippen molar-refractivity contribution in [2.75, 3.05) is 26.3 Å². The first-order chi connectivity index (χ1) is 8.16. The third-order valence-electron chi connectivity index (χ3n) is 3.08. The van der Waals surface area contributed by atoms with Crippen LogP contribution in [0.1, 0.15) is 11.1 Å². The highest BCUT2D eigenvalue weighted by Gasteiger charge is 2.18. The van der Waals surface area contributed by atoms with E-state index in [2.05, 4.69) is 4.90 Å². The molecule has 1 fully saturated rings. The normalized spacial score (nSPS) is 17.1. The predicted octanol–water partition coefficient (Wildman–Crippen LogP) is -0.493. The molecule has 1 heterocycles. The smallest absolute Gasteiger partial charge is 0.423 e. The fourth-order valence-electron chi connectivity index (χ4n) is 2.10.